The molecule has 0 aromatic heterocycles. The van der Waals surface area contributed by atoms with Crippen LogP contribution in [0.3, 0.4) is 0 Å². The molecule has 0 aliphatic rings. The number of benzene rings is 1. The Morgan fingerprint density at radius 1 is 1.17 bits per heavy atom. The minimum absolute atomic E-state index is 0.127. The molecular formula is C21H27N3O5. The number of nitriles is 1. The third-order valence-electron chi connectivity index (χ3n) is 3.95. The summed E-state index contributed by atoms with van der Waals surface area (Å²) in [7, 11) is 0. The zero-order valence-electron chi connectivity index (χ0n) is 16.6. The second-order valence-corrected chi connectivity index (χ2v) is 6.32. The fourth-order valence-corrected chi connectivity index (χ4v) is 2.35. The molecule has 0 fully saturated rings. The van der Waals surface area contributed by atoms with Gasteiger partial charge in [-0.3, -0.25) is 9.59 Å². The van der Waals surface area contributed by atoms with Crippen molar-refractivity contribution in [3.05, 3.63) is 41.6 Å². The van der Waals surface area contributed by atoms with E-state index in [1.165, 1.54) is 6.20 Å². The van der Waals surface area contributed by atoms with E-state index < -0.39 is 17.8 Å². The average molecular weight is 401 g/mol. The summed E-state index contributed by atoms with van der Waals surface area (Å²) in [5.41, 5.74) is 0.360. The van der Waals surface area contributed by atoms with Gasteiger partial charge in [-0.1, -0.05) is 31.9 Å². The van der Waals surface area contributed by atoms with Gasteiger partial charge in [0.15, 0.2) is 0 Å². The third-order valence-corrected chi connectivity index (χ3v) is 3.95. The second kappa shape index (κ2) is 13.8. The van der Waals surface area contributed by atoms with Crippen LogP contribution in [0.25, 0.3) is 0 Å². The second-order valence-electron chi connectivity index (χ2n) is 6.32. The van der Waals surface area contributed by atoms with Gasteiger partial charge in [-0.05, 0) is 31.4 Å². The number of nitrogens with one attached hydrogen (secondary N) is 2. The molecule has 0 saturated heterocycles. The molecule has 8 heteroatoms. The minimum atomic E-state index is -0.823. The number of rotatable bonds is 13. The number of nitrogens with zero attached hydrogens (tertiary/aromatic N) is 1. The van der Waals surface area contributed by atoms with E-state index in [2.05, 4.69) is 10.6 Å². The van der Waals surface area contributed by atoms with E-state index in [0.29, 0.717) is 19.6 Å². The Morgan fingerprint density at radius 3 is 2.62 bits per heavy atom. The molecule has 0 aliphatic heterocycles. The SMILES string of the molecule is CCCCOC(=O)c1ccccc1NC(=O)/C(C#N)=C\NCCCCCC(=O)O. The van der Waals surface area contributed by atoms with Gasteiger partial charge in [0.25, 0.3) is 5.91 Å². The Balaban J connectivity index is 2.61. The summed E-state index contributed by atoms with van der Waals surface area (Å²) in [5.74, 6) is -1.99. The van der Waals surface area contributed by atoms with Crippen molar-refractivity contribution in [3.8, 4) is 6.07 Å². The highest BCUT2D eigenvalue weighted by molar-refractivity contribution is 6.09. The van der Waals surface area contributed by atoms with Crippen LogP contribution < -0.4 is 10.6 Å². The third kappa shape index (κ3) is 9.42. The van der Waals surface area contributed by atoms with Crippen molar-refractivity contribution in [2.24, 2.45) is 0 Å². The smallest absolute Gasteiger partial charge is 0.340 e. The molecule has 0 bridgehead atoms. The molecule has 0 aliphatic carbocycles. The molecule has 1 aromatic carbocycles. The first-order valence-corrected chi connectivity index (χ1v) is 9.62. The first kappa shape index (κ1) is 23.7. The Morgan fingerprint density at radius 2 is 1.93 bits per heavy atom. The highest BCUT2D eigenvalue weighted by Crippen LogP contribution is 2.17. The lowest BCUT2D eigenvalue weighted by Gasteiger charge is -2.10. The van der Waals surface area contributed by atoms with Gasteiger partial charge >= 0.3 is 11.9 Å². The van der Waals surface area contributed by atoms with E-state index >= 15 is 0 Å². The number of hydrogen-bond donors (Lipinski definition) is 3. The summed E-state index contributed by atoms with van der Waals surface area (Å²) >= 11 is 0. The number of amides is 1. The van der Waals surface area contributed by atoms with E-state index in [0.717, 1.165) is 25.7 Å². The van der Waals surface area contributed by atoms with Gasteiger partial charge in [0.05, 0.1) is 17.9 Å². The van der Waals surface area contributed by atoms with Gasteiger partial charge in [-0.15, -0.1) is 0 Å². The fourth-order valence-electron chi connectivity index (χ4n) is 2.35. The number of esters is 1. The standard InChI is InChI=1S/C21H27N3O5/c1-2-3-13-29-21(28)17-9-6-7-10-18(17)24-20(27)16(14-22)15-23-12-8-4-5-11-19(25)26/h6-7,9-10,15,23H,2-5,8,11-13H2,1H3,(H,24,27)(H,25,26)/b16-15-. The lowest BCUT2D eigenvalue weighted by Crippen LogP contribution is -2.19. The molecule has 1 aromatic rings. The summed E-state index contributed by atoms with van der Waals surface area (Å²) in [6.07, 6.45) is 5.12. The van der Waals surface area contributed by atoms with Gasteiger partial charge in [-0.2, -0.15) is 5.26 Å². The number of aliphatic carboxylic acids is 1. The molecule has 1 amide bonds. The van der Waals surface area contributed by atoms with E-state index in [1.807, 2.05) is 13.0 Å². The number of unbranched alkanes of at least 4 members (excludes halogenated alkanes) is 3. The minimum Gasteiger partial charge on any atom is -0.481 e. The Labute approximate surface area is 170 Å². The number of para-hydroxylation sites is 1. The Kier molecular flexibility index (Phi) is 11.3. The number of carboxylic acid groups (broad SMARTS) is 1. The number of ether oxygens (including phenoxy) is 1. The summed E-state index contributed by atoms with van der Waals surface area (Å²) < 4.78 is 5.18. The van der Waals surface area contributed by atoms with E-state index in [9.17, 15) is 19.6 Å². The van der Waals surface area contributed by atoms with Crippen molar-refractivity contribution >= 4 is 23.5 Å². The number of carboxylic acids is 1. The lowest BCUT2D eigenvalue weighted by molar-refractivity contribution is -0.137. The molecule has 156 valence electrons. The summed E-state index contributed by atoms with van der Waals surface area (Å²) in [6.45, 7) is 2.80. The summed E-state index contributed by atoms with van der Waals surface area (Å²) in [4.78, 5) is 35.0. The molecule has 0 spiro atoms. The van der Waals surface area contributed by atoms with Crippen LogP contribution in [0.4, 0.5) is 5.69 Å². The maximum atomic E-state index is 12.4. The van der Waals surface area contributed by atoms with Gasteiger partial charge in [-0.25, -0.2) is 4.79 Å². The van der Waals surface area contributed by atoms with Crippen LogP contribution in [0.2, 0.25) is 0 Å². The first-order chi connectivity index (χ1) is 14.0. The number of anilines is 1. The van der Waals surface area contributed by atoms with E-state index in [4.69, 9.17) is 9.84 Å². The topological polar surface area (TPSA) is 129 Å². The fraction of sp³-hybridized carbons (Fsp3) is 0.429. The predicted octanol–water partition coefficient (Wildman–Crippen LogP) is 3.22. The highest BCUT2D eigenvalue weighted by atomic mass is 16.5. The highest BCUT2D eigenvalue weighted by Gasteiger charge is 2.16. The van der Waals surface area contributed by atoms with Crippen molar-refractivity contribution in [1.29, 1.82) is 5.26 Å². The molecule has 0 heterocycles. The molecule has 0 unspecified atom stereocenters. The monoisotopic (exact) mass is 401 g/mol. The first-order valence-electron chi connectivity index (χ1n) is 9.62. The molecular weight excluding hydrogens is 374 g/mol. The summed E-state index contributed by atoms with van der Waals surface area (Å²) in [6, 6.07) is 8.28. The summed E-state index contributed by atoms with van der Waals surface area (Å²) in [5, 5.41) is 23.2. The number of hydrogen-bond acceptors (Lipinski definition) is 6. The van der Waals surface area contributed by atoms with Crippen molar-refractivity contribution in [1.82, 2.24) is 5.32 Å². The van der Waals surface area contributed by atoms with E-state index in [1.54, 1.807) is 24.3 Å². The molecule has 29 heavy (non-hydrogen) atoms. The molecule has 3 N–H and O–H groups in total. The number of carbonyl (C=O) groups excluding carboxylic acids is 2. The predicted molar refractivity (Wildman–Crippen MR) is 108 cm³/mol. The van der Waals surface area contributed by atoms with Crippen LogP contribution in [-0.4, -0.2) is 36.1 Å². The van der Waals surface area contributed by atoms with Crippen LogP contribution in [0, 0.1) is 11.3 Å². The van der Waals surface area contributed by atoms with Gasteiger partial charge in [0.2, 0.25) is 0 Å². The average Bonchev–Trinajstić information content (AvgIpc) is 2.70. The van der Waals surface area contributed by atoms with Crippen molar-refractivity contribution in [3.63, 3.8) is 0 Å². The van der Waals surface area contributed by atoms with Gasteiger partial charge in [0, 0.05) is 19.2 Å². The van der Waals surface area contributed by atoms with Gasteiger partial charge < -0.3 is 20.5 Å². The lowest BCUT2D eigenvalue weighted by atomic mass is 10.1. The zero-order valence-corrected chi connectivity index (χ0v) is 16.6. The van der Waals surface area contributed by atoms with Gasteiger partial charge in [0.1, 0.15) is 11.6 Å². The van der Waals surface area contributed by atoms with Crippen LogP contribution in [0.15, 0.2) is 36.0 Å². The maximum Gasteiger partial charge on any atom is 0.340 e. The van der Waals surface area contributed by atoms with Crippen molar-refractivity contribution in [2.45, 2.75) is 45.4 Å². The van der Waals surface area contributed by atoms with E-state index in [-0.39, 0.29) is 23.2 Å². The van der Waals surface area contributed by atoms with Crippen LogP contribution in [0.1, 0.15) is 55.8 Å². The normalized spacial score (nSPS) is 10.7. The molecule has 0 saturated carbocycles. The van der Waals surface area contributed by atoms with Crippen LogP contribution in [0.5, 0.6) is 0 Å². The number of carbonyl (C=O) groups is 3. The zero-order chi connectivity index (χ0) is 21.5. The van der Waals surface area contributed by atoms with Crippen molar-refractivity contribution < 1.29 is 24.2 Å². The quantitative estimate of drug-likeness (QED) is 0.200. The maximum absolute atomic E-state index is 12.4. The Hall–Kier alpha value is -3.34. The molecule has 0 radical (unpaired) electrons. The van der Waals surface area contributed by atoms with Crippen LogP contribution >= 0.6 is 0 Å². The largest absolute Gasteiger partial charge is 0.481 e. The molecule has 8 nitrogen and oxygen atoms in total. The van der Waals surface area contributed by atoms with Crippen molar-refractivity contribution in [2.75, 3.05) is 18.5 Å². The van der Waals surface area contributed by atoms with Crippen LogP contribution in [-0.2, 0) is 14.3 Å². The molecule has 1 rings (SSSR count). The molecule has 0 atom stereocenters. The Bertz CT molecular complexity index is 768.